The van der Waals surface area contributed by atoms with E-state index in [-0.39, 0.29) is 26.6 Å². The highest BCUT2D eigenvalue weighted by Crippen LogP contribution is 2.52. The molecule has 2 aromatic carbocycles. The number of nitrogens with zero attached hydrogens (tertiary/aromatic N) is 1. The van der Waals surface area contributed by atoms with Gasteiger partial charge in [-0.15, -0.1) is 0 Å². The molecule has 4 atom stereocenters. The molecule has 1 saturated heterocycles. The summed E-state index contributed by atoms with van der Waals surface area (Å²) in [5.41, 5.74) is -1.68. The zero-order valence-electron chi connectivity index (χ0n) is 17.2. The summed E-state index contributed by atoms with van der Waals surface area (Å²) in [4.78, 5) is 12.2. The molecule has 0 radical (unpaired) electrons. The van der Waals surface area contributed by atoms with Crippen LogP contribution >= 0.6 is 23.2 Å². The zero-order valence-corrected chi connectivity index (χ0v) is 18.7. The molecule has 4 nitrogen and oxygen atoms in total. The second-order valence-corrected chi connectivity index (χ2v) is 9.84. The molecule has 0 spiro atoms. The first-order chi connectivity index (χ1) is 14.4. The Bertz CT molecular complexity index is 1060. The number of halogens is 4. The first-order valence-electron chi connectivity index (χ1n) is 9.72. The first-order valence-corrected chi connectivity index (χ1v) is 10.5. The van der Waals surface area contributed by atoms with E-state index >= 15 is 4.39 Å². The van der Waals surface area contributed by atoms with Gasteiger partial charge in [0.25, 0.3) is 0 Å². The van der Waals surface area contributed by atoms with Crippen LogP contribution in [0.3, 0.4) is 0 Å². The second-order valence-electron chi connectivity index (χ2n) is 9.03. The molecule has 1 aliphatic rings. The van der Waals surface area contributed by atoms with Crippen molar-refractivity contribution in [3.63, 3.8) is 0 Å². The Balaban J connectivity index is 2.36. The van der Waals surface area contributed by atoms with Crippen molar-refractivity contribution in [1.82, 2.24) is 5.32 Å². The van der Waals surface area contributed by atoms with Gasteiger partial charge in [0.2, 0.25) is 0 Å². The Labute approximate surface area is 189 Å². The molecule has 0 aromatic heterocycles. The van der Waals surface area contributed by atoms with E-state index in [4.69, 9.17) is 23.2 Å². The maximum absolute atomic E-state index is 15.1. The summed E-state index contributed by atoms with van der Waals surface area (Å²) in [6, 6.07) is 8.45. The molecule has 31 heavy (non-hydrogen) atoms. The SMILES string of the molecule is CC(C)(C)C[C@@H]1N[C@H](C(=O)O)[C@H](c2cccc(Cl)c2F)[C@]1(C#N)c1ccc(Cl)c(F)c1. The van der Waals surface area contributed by atoms with Crippen LogP contribution < -0.4 is 5.32 Å². The van der Waals surface area contributed by atoms with Crippen molar-refractivity contribution in [3.8, 4) is 6.07 Å². The van der Waals surface area contributed by atoms with Crippen molar-refractivity contribution in [2.75, 3.05) is 0 Å². The number of benzene rings is 2. The largest absolute Gasteiger partial charge is 0.480 e. The Hall–Kier alpha value is -2.20. The molecule has 8 heteroatoms. The van der Waals surface area contributed by atoms with Gasteiger partial charge in [0.05, 0.1) is 16.1 Å². The first kappa shape index (κ1) is 23.5. The second kappa shape index (κ2) is 8.38. The molecule has 0 aliphatic carbocycles. The maximum atomic E-state index is 15.1. The fourth-order valence-corrected chi connectivity index (χ4v) is 4.80. The number of carboxylic acids is 1. The normalized spacial score (nSPS) is 25.9. The molecular weight excluding hydrogens is 445 g/mol. The van der Waals surface area contributed by atoms with Crippen molar-refractivity contribution >= 4 is 29.2 Å². The molecule has 1 aliphatic heterocycles. The lowest BCUT2D eigenvalue weighted by Gasteiger charge is -2.37. The van der Waals surface area contributed by atoms with E-state index in [9.17, 15) is 19.6 Å². The van der Waals surface area contributed by atoms with Crippen LogP contribution in [0.5, 0.6) is 0 Å². The predicted molar refractivity (Wildman–Crippen MR) is 115 cm³/mol. The van der Waals surface area contributed by atoms with E-state index in [0.717, 1.165) is 6.07 Å². The van der Waals surface area contributed by atoms with Gasteiger partial charge < -0.3 is 5.11 Å². The average Bonchev–Trinajstić information content (AvgIpc) is 2.99. The third-order valence-corrected chi connectivity index (χ3v) is 6.33. The molecule has 1 fully saturated rings. The van der Waals surface area contributed by atoms with Gasteiger partial charge in [-0.3, -0.25) is 10.1 Å². The van der Waals surface area contributed by atoms with Crippen molar-refractivity contribution in [1.29, 1.82) is 5.26 Å². The third-order valence-electron chi connectivity index (χ3n) is 5.74. The monoisotopic (exact) mass is 466 g/mol. The van der Waals surface area contributed by atoms with E-state index in [1.807, 2.05) is 20.8 Å². The van der Waals surface area contributed by atoms with Gasteiger partial charge in [0.15, 0.2) is 0 Å². The number of nitriles is 1. The highest BCUT2D eigenvalue weighted by Gasteiger charge is 2.60. The minimum atomic E-state index is -1.59. The minimum Gasteiger partial charge on any atom is -0.480 e. The summed E-state index contributed by atoms with van der Waals surface area (Å²) in [6.07, 6.45) is 0.382. The van der Waals surface area contributed by atoms with Gasteiger partial charge in [0, 0.05) is 12.0 Å². The Morgan fingerprint density at radius 1 is 1.23 bits per heavy atom. The van der Waals surface area contributed by atoms with Crippen LogP contribution in [0.4, 0.5) is 8.78 Å². The van der Waals surface area contributed by atoms with Gasteiger partial charge in [-0.1, -0.05) is 62.2 Å². The highest BCUT2D eigenvalue weighted by molar-refractivity contribution is 6.31. The van der Waals surface area contributed by atoms with Crippen LogP contribution in [0, 0.1) is 28.4 Å². The Kier molecular flexibility index (Phi) is 6.35. The minimum absolute atomic E-state index is 0.0132. The van der Waals surface area contributed by atoms with Gasteiger partial charge in [-0.05, 0) is 41.2 Å². The molecule has 1 heterocycles. The standard InChI is InChI=1S/C23H22Cl2F2N2O2/c1-22(2,3)10-17-23(11-28,12-7-8-14(24)16(26)9-12)18(20(29-17)21(30)31)13-5-4-6-15(25)19(13)27/h4-9,17-18,20,29H,10H2,1-3H3,(H,30,31)/t17-,18-,20-,23+/m0/s1. The lowest BCUT2D eigenvalue weighted by Crippen LogP contribution is -2.44. The molecule has 0 unspecified atom stereocenters. The van der Waals surface area contributed by atoms with E-state index in [1.165, 1.54) is 30.3 Å². The zero-order chi connectivity index (χ0) is 23.1. The van der Waals surface area contributed by atoms with Gasteiger partial charge in [-0.25, -0.2) is 8.78 Å². The van der Waals surface area contributed by atoms with Crippen molar-refractivity contribution in [3.05, 3.63) is 69.2 Å². The molecular formula is C23H22Cl2F2N2O2. The van der Waals surface area contributed by atoms with E-state index in [0.29, 0.717) is 6.42 Å². The third kappa shape index (κ3) is 4.15. The van der Waals surface area contributed by atoms with E-state index in [2.05, 4.69) is 11.4 Å². The van der Waals surface area contributed by atoms with Gasteiger partial charge >= 0.3 is 5.97 Å². The van der Waals surface area contributed by atoms with Crippen LogP contribution in [-0.4, -0.2) is 23.2 Å². The predicted octanol–water partition coefficient (Wildman–Crippen LogP) is 5.68. The van der Waals surface area contributed by atoms with E-state index in [1.54, 1.807) is 0 Å². The van der Waals surface area contributed by atoms with E-state index < -0.39 is 41.0 Å². The Morgan fingerprint density at radius 3 is 2.45 bits per heavy atom. The van der Waals surface area contributed by atoms with Gasteiger partial charge in [0.1, 0.15) is 23.1 Å². The topological polar surface area (TPSA) is 73.1 Å². The number of hydrogen-bond donors (Lipinski definition) is 2. The smallest absolute Gasteiger partial charge is 0.321 e. The quantitative estimate of drug-likeness (QED) is 0.607. The van der Waals surface area contributed by atoms with Crippen LogP contribution in [0.1, 0.15) is 44.2 Å². The summed E-state index contributed by atoms with van der Waals surface area (Å²) < 4.78 is 29.6. The van der Waals surface area contributed by atoms with Crippen molar-refractivity contribution < 1.29 is 18.7 Å². The lowest BCUT2D eigenvalue weighted by atomic mass is 9.63. The molecule has 2 N–H and O–H groups in total. The summed E-state index contributed by atoms with van der Waals surface area (Å²) in [5.74, 6) is -3.95. The van der Waals surface area contributed by atoms with Crippen molar-refractivity contribution in [2.24, 2.45) is 5.41 Å². The fraction of sp³-hybridized carbons (Fsp3) is 0.391. The highest BCUT2D eigenvalue weighted by atomic mass is 35.5. The summed E-state index contributed by atoms with van der Waals surface area (Å²) >= 11 is 11.8. The molecule has 164 valence electrons. The molecule has 3 rings (SSSR count). The summed E-state index contributed by atoms with van der Waals surface area (Å²) in [7, 11) is 0. The van der Waals surface area contributed by atoms with Crippen LogP contribution in [0.25, 0.3) is 0 Å². The van der Waals surface area contributed by atoms with Crippen molar-refractivity contribution in [2.45, 2.75) is 50.6 Å². The van der Waals surface area contributed by atoms with Crippen LogP contribution in [0.2, 0.25) is 10.0 Å². The number of nitrogens with one attached hydrogen (secondary N) is 1. The van der Waals surface area contributed by atoms with Crippen LogP contribution in [0.15, 0.2) is 36.4 Å². The molecule has 0 bridgehead atoms. The summed E-state index contributed by atoms with van der Waals surface area (Å²) in [5, 5.41) is 23.2. The maximum Gasteiger partial charge on any atom is 0.321 e. The number of carbonyl (C=O) groups is 1. The lowest BCUT2D eigenvalue weighted by molar-refractivity contribution is -0.139. The van der Waals surface area contributed by atoms with Crippen LogP contribution in [-0.2, 0) is 10.2 Å². The Morgan fingerprint density at radius 2 is 1.90 bits per heavy atom. The molecule has 2 aromatic rings. The number of aliphatic carboxylic acids is 1. The average molecular weight is 467 g/mol. The molecule has 0 amide bonds. The molecule has 0 saturated carbocycles. The number of carboxylic acid groups (broad SMARTS) is 1. The van der Waals surface area contributed by atoms with Gasteiger partial charge in [-0.2, -0.15) is 5.26 Å². The number of hydrogen-bond acceptors (Lipinski definition) is 3. The fourth-order valence-electron chi connectivity index (χ4n) is 4.50. The number of rotatable bonds is 4. The summed E-state index contributed by atoms with van der Waals surface area (Å²) in [6.45, 7) is 5.84.